The largest absolute Gasteiger partial charge is 0.364 e. The molecule has 0 unspecified atom stereocenters. The first-order chi connectivity index (χ1) is 7.79. The van der Waals surface area contributed by atoms with Gasteiger partial charge in [0.05, 0.1) is 11.4 Å². The standard InChI is InChI=1S/C11H16N4O/c1-3-11-9(8-15(2)13-11)6-12-7-10-4-5-16-14-10/h4-5,8,12H,3,6-7H2,1-2H3. The van der Waals surface area contributed by atoms with Crippen LogP contribution in [0, 0.1) is 0 Å². The fraction of sp³-hybridized carbons (Fsp3) is 0.455. The van der Waals surface area contributed by atoms with E-state index in [2.05, 4.69) is 28.7 Å². The second kappa shape index (κ2) is 4.94. The van der Waals surface area contributed by atoms with E-state index in [9.17, 15) is 0 Å². The highest BCUT2D eigenvalue weighted by atomic mass is 16.5. The summed E-state index contributed by atoms with van der Waals surface area (Å²) in [7, 11) is 1.94. The van der Waals surface area contributed by atoms with Gasteiger partial charge in [0.15, 0.2) is 0 Å². The van der Waals surface area contributed by atoms with Gasteiger partial charge in [0.2, 0.25) is 0 Å². The maximum Gasteiger partial charge on any atom is 0.124 e. The van der Waals surface area contributed by atoms with Gasteiger partial charge in [-0.05, 0) is 6.42 Å². The van der Waals surface area contributed by atoms with Gasteiger partial charge in [-0.2, -0.15) is 5.10 Å². The lowest BCUT2D eigenvalue weighted by Gasteiger charge is -2.01. The molecule has 5 heteroatoms. The zero-order valence-electron chi connectivity index (χ0n) is 9.60. The number of rotatable bonds is 5. The van der Waals surface area contributed by atoms with Gasteiger partial charge in [0.1, 0.15) is 6.26 Å². The summed E-state index contributed by atoms with van der Waals surface area (Å²) in [5.41, 5.74) is 3.31. The second-order valence-electron chi connectivity index (χ2n) is 3.72. The zero-order chi connectivity index (χ0) is 11.4. The first kappa shape index (κ1) is 10.9. The molecule has 0 aliphatic heterocycles. The first-order valence-electron chi connectivity index (χ1n) is 5.41. The zero-order valence-corrected chi connectivity index (χ0v) is 9.60. The van der Waals surface area contributed by atoms with E-state index >= 15 is 0 Å². The third-order valence-corrected chi connectivity index (χ3v) is 2.44. The van der Waals surface area contributed by atoms with Crippen molar-refractivity contribution in [3.8, 4) is 0 Å². The molecule has 0 fully saturated rings. The monoisotopic (exact) mass is 220 g/mol. The van der Waals surface area contributed by atoms with Gasteiger partial charge in [-0.25, -0.2) is 0 Å². The molecule has 86 valence electrons. The summed E-state index contributed by atoms with van der Waals surface area (Å²) in [6, 6.07) is 1.86. The molecular weight excluding hydrogens is 204 g/mol. The predicted octanol–water partition coefficient (Wildman–Crippen LogP) is 1.26. The molecule has 2 aromatic rings. The van der Waals surface area contributed by atoms with E-state index in [0.717, 1.165) is 24.4 Å². The summed E-state index contributed by atoms with van der Waals surface area (Å²) in [5, 5.41) is 11.5. The lowest BCUT2D eigenvalue weighted by molar-refractivity contribution is 0.408. The number of aromatic nitrogens is 3. The van der Waals surface area contributed by atoms with Crippen LogP contribution in [0.15, 0.2) is 23.0 Å². The summed E-state index contributed by atoms with van der Waals surface area (Å²) < 4.78 is 6.61. The molecule has 0 bridgehead atoms. The Morgan fingerprint density at radius 3 is 3.00 bits per heavy atom. The van der Waals surface area contributed by atoms with Crippen molar-refractivity contribution in [3.05, 3.63) is 35.5 Å². The Balaban J connectivity index is 1.89. The minimum absolute atomic E-state index is 0.717. The molecule has 0 aliphatic rings. The van der Waals surface area contributed by atoms with E-state index in [1.165, 1.54) is 5.56 Å². The minimum Gasteiger partial charge on any atom is -0.364 e. The highest BCUT2D eigenvalue weighted by Crippen LogP contribution is 2.06. The molecule has 0 saturated heterocycles. The van der Waals surface area contributed by atoms with Crippen LogP contribution in [-0.2, 0) is 26.6 Å². The second-order valence-corrected chi connectivity index (χ2v) is 3.72. The van der Waals surface area contributed by atoms with Crippen molar-refractivity contribution < 1.29 is 4.52 Å². The number of hydrogen-bond donors (Lipinski definition) is 1. The average molecular weight is 220 g/mol. The molecule has 0 radical (unpaired) electrons. The quantitative estimate of drug-likeness (QED) is 0.824. The van der Waals surface area contributed by atoms with Gasteiger partial charge in [-0.1, -0.05) is 12.1 Å². The fourth-order valence-corrected chi connectivity index (χ4v) is 1.68. The van der Waals surface area contributed by atoms with Crippen molar-refractivity contribution in [1.82, 2.24) is 20.3 Å². The molecular formula is C11H16N4O. The Morgan fingerprint density at radius 2 is 2.31 bits per heavy atom. The Labute approximate surface area is 94.4 Å². The molecule has 2 heterocycles. The van der Waals surface area contributed by atoms with Crippen LogP contribution < -0.4 is 5.32 Å². The van der Waals surface area contributed by atoms with Crippen molar-refractivity contribution in [2.24, 2.45) is 7.05 Å². The molecule has 1 N–H and O–H groups in total. The first-order valence-corrected chi connectivity index (χ1v) is 5.41. The minimum atomic E-state index is 0.717. The van der Waals surface area contributed by atoms with Crippen LogP contribution in [-0.4, -0.2) is 14.9 Å². The molecule has 0 aromatic carbocycles. The SMILES string of the molecule is CCc1nn(C)cc1CNCc1ccon1. The Kier molecular flexibility index (Phi) is 3.36. The molecule has 2 aromatic heterocycles. The van der Waals surface area contributed by atoms with E-state index < -0.39 is 0 Å². The number of aryl methyl sites for hydroxylation is 2. The van der Waals surface area contributed by atoms with Gasteiger partial charge in [0.25, 0.3) is 0 Å². The van der Waals surface area contributed by atoms with E-state index in [-0.39, 0.29) is 0 Å². The van der Waals surface area contributed by atoms with Crippen molar-refractivity contribution >= 4 is 0 Å². The molecule has 0 aliphatic carbocycles. The van der Waals surface area contributed by atoms with Gasteiger partial charge in [-0.3, -0.25) is 4.68 Å². The molecule has 5 nitrogen and oxygen atoms in total. The van der Waals surface area contributed by atoms with Crippen LogP contribution >= 0.6 is 0 Å². The predicted molar refractivity (Wildman–Crippen MR) is 59.6 cm³/mol. The van der Waals surface area contributed by atoms with Crippen LogP contribution in [0.5, 0.6) is 0 Å². The highest BCUT2D eigenvalue weighted by molar-refractivity contribution is 5.16. The molecule has 0 saturated carbocycles. The molecule has 0 spiro atoms. The summed E-state index contributed by atoms with van der Waals surface area (Å²) in [4.78, 5) is 0. The Hall–Kier alpha value is -1.62. The Bertz CT molecular complexity index is 433. The summed E-state index contributed by atoms with van der Waals surface area (Å²) in [6.07, 6.45) is 4.59. The average Bonchev–Trinajstić information content (AvgIpc) is 2.88. The van der Waals surface area contributed by atoms with Gasteiger partial charge < -0.3 is 9.84 Å². The van der Waals surface area contributed by atoms with E-state index in [4.69, 9.17) is 4.52 Å². The third kappa shape index (κ3) is 2.49. The van der Waals surface area contributed by atoms with Gasteiger partial charge in [-0.15, -0.1) is 0 Å². The van der Waals surface area contributed by atoms with Gasteiger partial charge >= 0.3 is 0 Å². The molecule has 2 rings (SSSR count). The normalized spacial score (nSPS) is 10.9. The molecule has 16 heavy (non-hydrogen) atoms. The van der Waals surface area contributed by atoms with Crippen molar-refractivity contribution in [2.45, 2.75) is 26.4 Å². The molecule has 0 amide bonds. The molecule has 0 atom stereocenters. The smallest absolute Gasteiger partial charge is 0.124 e. The van der Waals surface area contributed by atoms with Crippen LogP contribution in [0.1, 0.15) is 23.9 Å². The van der Waals surface area contributed by atoms with Crippen molar-refractivity contribution in [1.29, 1.82) is 0 Å². The number of nitrogens with one attached hydrogen (secondary N) is 1. The third-order valence-electron chi connectivity index (χ3n) is 2.44. The highest BCUT2D eigenvalue weighted by Gasteiger charge is 2.05. The van der Waals surface area contributed by atoms with Gasteiger partial charge in [0, 0.05) is 38.0 Å². The lowest BCUT2D eigenvalue weighted by atomic mass is 10.2. The summed E-state index contributed by atoms with van der Waals surface area (Å²) in [5.74, 6) is 0. The topological polar surface area (TPSA) is 55.9 Å². The Morgan fingerprint density at radius 1 is 1.44 bits per heavy atom. The van der Waals surface area contributed by atoms with Crippen molar-refractivity contribution in [2.75, 3.05) is 0 Å². The van der Waals surface area contributed by atoms with Crippen LogP contribution in [0.3, 0.4) is 0 Å². The maximum atomic E-state index is 4.76. The van der Waals surface area contributed by atoms with Crippen LogP contribution in [0.2, 0.25) is 0 Å². The van der Waals surface area contributed by atoms with E-state index in [1.807, 2.05) is 17.8 Å². The number of nitrogens with zero attached hydrogens (tertiary/aromatic N) is 3. The number of hydrogen-bond acceptors (Lipinski definition) is 4. The van der Waals surface area contributed by atoms with E-state index in [1.54, 1.807) is 6.26 Å². The van der Waals surface area contributed by atoms with Crippen LogP contribution in [0.25, 0.3) is 0 Å². The summed E-state index contributed by atoms with van der Waals surface area (Å²) in [6.45, 7) is 3.64. The lowest BCUT2D eigenvalue weighted by Crippen LogP contribution is -2.13. The fourth-order valence-electron chi connectivity index (χ4n) is 1.68. The van der Waals surface area contributed by atoms with Crippen LogP contribution in [0.4, 0.5) is 0 Å². The maximum absolute atomic E-state index is 4.76. The van der Waals surface area contributed by atoms with E-state index in [0.29, 0.717) is 6.54 Å². The van der Waals surface area contributed by atoms with Crippen molar-refractivity contribution in [3.63, 3.8) is 0 Å². The summed E-state index contributed by atoms with van der Waals surface area (Å²) >= 11 is 0.